The van der Waals surface area contributed by atoms with Crippen molar-refractivity contribution < 1.29 is 14.3 Å². The van der Waals surface area contributed by atoms with E-state index in [0.29, 0.717) is 17.9 Å². The van der Waals surface area contributed by atoms with Crippen LogP contribution >= 0.6 is 0 Å². The van der Waals surface area contributed by atoms with Gasteiger partial charge in [0.05, 0.1) is 12.2 Å². The molecule has 3 heteroatoms. The maximum absolute atomic E-state index is 10.9. The highest BCUT2D eigenvalue weighted by Crippen LogP contribution is 2.16. The fraction of sp³-hybridized carbons (Fsp3) is 0.263. The second-order valence-electron chi connectivity index (χ2n) is 5.13. The molecule has 0 unspecified atom stereocenters. The number of carbonyl (C=O) groups excluding carboxylic acids is 2. The zero-order valence-corrected chi connectivity index (χ0v) is 12.5. The molecule has 0 atom stereocenters. The number of hydrogen-bond donors (Lipinski definition) is 0. The lowest BCUT2D eigenvalue weighted by Gasteiger charge is -2.08. The van der Waals surface area contributed by atoms with E-state index in [1.165, 1.54) is 0 Å². The van der Waals surface area contributed by atoms with Crippen LogP contribution in [0.25, 0.3) is 0 Å². The van der Waals surface area contributed by atoms with Crippen LogP contribution in [0.15, 0.2) is 48.5 Å². The highest BCUT2D eigenvalue weighted by Gasteiger charge is 2.02. The molecule has 2 aromatic carbocycles. The van der Waals surface area contributed by atoms with Crippen LogP contribution in [0.1, 0.15) is 45.5 Å². The van der Waals surface area contributed by atoms with E-state index in [-0.39, 0.29) is 0 Å². The van der Waals surface area contributed by atoms with Crippen LogP contribution in [0.4, 0.5) is 0 Å². The summed E-state index contributed by atoms with van der Waals surface area (Å²) in [5.74, 6) is 0.642. The predicted molar refractivity (Wildman–Crippen MR) is 86.7 cm³/mol. The quantitative estimate of drug-likeness (QED) is 0.517. The van der Waals surface area contributed by atoms with Crippen molar-refractivity contribution in [3.8, 4) is 5.75 Å². The van der Waals surface area contributed by atoms with Gasteiger partial charge in [-0.25, -0.2) is 0 Å². The van der Waals surface area contributed by atoms with Gasteiger partial charge in [0.1, 0.15) is 12.0 Å². The summed E-state index contributed by atoms with van der Waals surface area (Å²) in [6.07, 6.45) is 5.59. The predicted octanol–water partition coefficient (Wildman–Crippen LogP) is 4.10. The minimum absolute atomic E-state index is 0.586. The number of aldehydes is 2. The molecule has 0 bridgehead atoms. The van der Waals surface area contributed by atoms with Crippen molar-refractivity contribution >= 4 is 12.6 Å². The van der Waals surface area contributed by atoms with Gasteiger partial charge in [0.15, 0.2) is 6.29 Å². The van der Waals surface area contributed by atoms with E-state index < -0.39 is 0 Å². The topological polar surface area (TPSA) is 43.4 Å². The first-order valence-corrected chi connectivity index (χ1v) is 7.55. The minimum Gasteiger partial charge on any atom is -0.493 e. The number of unbranched alkanes of at least 4 members (excludes halogenated alkanes) is 2. The van der Waals surface area contributed by atoms with Gasteiger partial charge in [-0.3, -0.25) is 9.59 Å². The first-order valence-electron chi connectivity index (χ1n) is 7.55. The van der Waals surface area contributed by atoms with Gasteiger partial charge in [0.25, 0.3) is 0 Å². The number of carbonyl (C=O) groups is 2. The third-order valence-corrected chi connectivity index (χ3v) is 3.58. The van der Waals surface area contributed by atoms with Crippen molar-refractivity contribution in [2.45, 2.75) is 25.7 Å². The third-order valence-electron chi connectivity index (χ3n) is 3.58. The van der Waals surface area contributed by atoms with E-state index in [0.717, 1.165) is 49.4 Å². The molecule has 0 saturated carbocycles. The van der Waals surface area contributed by atoms with Gasteiger partial charge in [0, 0.05) is 5.56 Å². The minimum atomic E-state index is 0.586. The number of hydrogen-bond acceptors (Lipinski definition) is 3. The third kappa shape index (κ3) is 4.55. The van der Waals surface area contributed by atoms with Crippen molar-refractivity contribution in [2.75, 3.05) is 6.61 Å². The number of rotatable bonds is 9. The van der Waals surface area contributed by atoms with Crippen molar-refractivity contribution in [1.29, 1.82) is 0 Å². The fourth-order valence-electron chi connectivity index (χ4n) is 2.36. The molecule has 2 aromatic rings. The van der Waals surface area contributed by atoms with E-state index in [4.69, 9.17) is 4.74 Å². The van der Waals surface area contributed by atoms with Crippen LogP contribution in [-0.4, -0.2) is 19.2 Å². The van der Waals surface area contributed by atoms with Crippen molar-refractivity contribution in [1.82, 2.24) is 0 Å². The Balaban J connectivity index is 1.69. The zero-order valence-electron chi connectivity index (χ0n) is 12.5. The summed E-state index contributed by atoms with van der Waals surface area (Å²) in [4.78, 5) is 21.8. The van der Waals surface area contributed by atoms with Crippen LogP contribution < -0.4 is 4.74 Å². The van der Waals surface area contributed by atoms with E-state index in [1.807, 2.05) is 42.5 Å². The lowest BCUT2D eigenvalue weighted by atomic mass is 10.0. The average molecular weight is 296 g/mol. The van der Waals surface area contributed by atoms with Crippen LogP contribution in [0.5, 0.6) is 5.75 Å². The molecule has 0 aliphatic rings. The molecule has 0 aliphatic carbocycles. The van der Waals surface area contributed by atoms with E-state index in [1.54, 1.807) is 6.07 Å². The summed E-state index contributed by atoms with van der Waals surface area (Å²) < 4.78 is 5.64. The summed E-state index contributed by atoms with van der Waals surface area (Å²) >= 11 is 0. The van der Waals surface area contributed by atoms with E-state index in [9.17, 15) is 9.59 Å². The Morgan fingerprint density at radius 3 is 2.23 bits per heavy atom. The van der Waals surface area contributed by atoms with Gasteiger partial charge in [0.2, 0.25) is 0 Å². The van der Waals surface area contributed by atoms with Gasteiger partial charge in [-0.15, -0.1) is 0 Å². The highest BCUT2D eigenvalue weighted by atomic mass is 16.5. The molecule has 114 valence electrons. The second-order valence-corrected chi connectivity index (χ2v) is 5.13. The molecule has 2 rings (SSSR count). The molecule has 0 N–H and O–H groups in total. The van der Waals surface area contributed by atoms with Crippen molar-refractivity contribution in [3.63, 3.8) is 0 Å². The Bertz CT molecular complexity index is 564. The van der Waals surface area contributed by atoms with Crippen LogP contribution in [-0.2, 0) is 6.42 Å². The summed E-state index contributed by atoms with van der Waals surface area (Å²) in [5, 5.41) is 0. The molecular weight excluding hydrogens is 276 g/mol. The lowest BCUT2D eigenvalue weighted by Crippen LogP contribution is -2.00. The maximum Gasteiger partial charge on any atom is 0.153 e. The van der Waals surface area contributed by atoms with Gasteiger partial charge >= 0.3 is 0 Å². The molecule has 0 saturated heterocycles. The summed E-state index contributed by atoms with van der Waals surface area (Å²) in [6.45, 7) is 0.597. The molecule has 0 amide bonds. The Morgan fingerprint density at radius 1 is 0.773 bits per heavy atom. The standard InChI is InChI=1S/C19H20O3/c20-14-17-10-4-3-9-16(17)8-2-1-7-13-22-19-12-6-5-11-18(19)15-21/h3-6,9-12,14-15H,1-2,7-8,13H2. The van der Waals surface area contributed by atoms with Crippen LogP contribution in [0.2, 0.25) is 0 Å². The molecule has 0 aliphatic heterocycles. The molecule has 3 nitrogen and oxygen atoms in total. The van der Waals surface area contributed by atoms with Crippen LogP contribution in [0, 0.1) is 0 Å². The Kier molecular flexibility index (Phi) is 6.37. The number of benzene rings is 2. The first-order chi connectivity index (χ1) is 10.8. The monoisotopic (exact) mass is 296 g/mol. The van der Waals surface area contributed by atoms with Gasteiger partial charge < -0.3 is 4.74 Å². The van der Waals surface area contributed by atoms with Gasteiger partial charge in [-0.1, -0.05) is 36.4 Å². The van der Waals surface area contributed by atoms with E-state index >= 15 is 0 Å². The Hall–Kier alpha value is -2.42. The fourth-order valence-corrected chi connectivity index (χ4v) is 2.36. The lowest BCUT2D eigenvalue weighted by molar-refractivity contribution is 0.111. The largest absolute Gasteiger partial charge is 0.493 e. The Morgan fingerprint density at radius 2 is 1.45 bits per heavy atom. The summed E-state index contributed by atoms with van der Waals surface area (Å²) in [5.41, 5.74) is 2.46. The number of aryl methyl sites for hydroxylation is 1. The smallest absolute Gasteiger partial charge is 0.153 e. The second kappa shape index (κ2) is 8.78. The maximum atomic E-state index is 10.9. The Labute approximate surface area is 130 Å². The van der Waals surface area contributed by atoms with Gasteiger partial charge in [-0.05, 0) is 43.4 Å². The molecule has 22 heavy (non-hydrogen) atoms. The zero-order chi connectivity index (χ0) is 15.6. The molecule has 0 aromatic heterocycles. The molecule has 0 fully saturated rings. The van der Waals surface area contributed by atoms with E-state index in [2.05, 4.69) is 0 Å². The van der Waals surface area contributed by atoms with Crippen LogP contribution in [0.3, 0.4) is 0 Å². The molecule has 0 radical (unpaired) electrons. The van der Waals surface area contributed by atoms with Gasteiger partial charge in [-0.2, -0.15) is 0 Å². The SMILES string of the molecule is O=Cc1ccccc1CCCCCOc1ccccc1C=O. The molecule has 0 spiro atoms. The first kappa shape index (κ1) is 16.0. The van der Waals surface area contributed by atoms with Crippen molar-refractivity contribution in [2.24, 2.45) is 0 Å². The molecule has 0 heterocycles. The normalized spacial score (nSPS) is 10.2. The summed E-state index contributed by atoms with van der Waals surface area (Å²) in [6, 6.07) is 14.9. The number of ether oxygens (including phenoxy) is 1. The summed E-state index contributed by atoms with van der Waals surface area (Å²) in [7, 11) is 0. The number of para-hydroxylation sites is 1. The van der Waals surface area contributed by atoms with Crippen molar-refractivity contribution in [3.05, 3.63) is 65.2 Å². The highest BCUT2D eigenvalue weighted by molar-refractivity contribution is 5.79. The molecular formula is C19H20O3. The average Bonchev–Trinajstić information content (AvgIpc) is 2.58.